The number of carbonyl (C=O) groups is 2. The molecule has 2 aliphatic rings. The number of carboxylic acids is 1. The molecule has 148 valence electrons. The normalized spacial score (nSPS) is 22.1. The Labute approximate surface area is 160 Å². The van der Waals surface area contributed by atoms with Crippen molar-refractivity contribution in [3.05, 3.63) is 29.8 Å². The molecule has 1 N–H and O–H groups in total. The first-order chi connectivity index (χ1) is 12.8. The molecule has 1 aromatic carbocycles. The number of amides is 1. The zero-order valence-corrected chi connectivity index (χ0v) is 16.3. The van der Waals surface area contributed by atoms with Crippen molar-refractivity contribution in [2.75, 3.05) is 19.6 Å². The molecule has 8 heteroatoms. The number of hydrogen-bond acceptors (Lipinski definition) is 4. The van der Waals surface area contributed by atoms with Gasteiger partial charge < -0.3 is 10.0 Å². The molecule has 2 aliphatic heterocycles. The molecule has 1 atom stereocenters. The molecule has 0 spiro atoms. The molecule has 0 radical (unpaired) electrons. The number of carboxylic acid groups (broad SMARTS) is 1. The number of rotatable bonds is 5. The maximum absolute atomic E-state index is 12.8. The van der Waals surface area contributed by atoms with E-state index in [1.165, 1.54) is 4.31 Å². The molecule has 0 bridgehead atoms. The molecule has 2 fully saturated rings. The van der Waals surface area contributed by atoms with E-state index < -0.39 is 16.0 Å². The van der Waals surface area contributed by atoms with Gasteiger partial charge in [0.25, 0.3) is 0 Å². The maximum Gasteiger partial charge on any atom is 0.305 e. The van der Waals surface area contributed by atoms with Crippen LogP contribution in [0.3, 0.4) is 0 Å². The number of likely N-dealkylation sites (tertiary alicyclic amines) is 1. The quantitative estimate of drug-likeness (QED) is 0.823. The van der Waals surface area contributed by atoms with Crippen LogP contribution in [0, 0.1) is 12.8 Å². The van der Waals surface area contributed by atoms with E-state index in [-0.39, 0.29) is 29.2 Å². The molecule has 2 saturated heterocycles. The van der Waals surface area contributed by atoms with Crippen molar-refractivity contribution >= 4 is 21.9 Å². The third-order valence-corrected chi connectivity index (χ3v) is 7.45. The fraction of sp³-hybridized carbons (Fsp3) is 0.579. The summed E-state index contributed by atoms with van der Waals surface area (Å²) in [6, 6.07) is 6.55. The largest absolute Gasteiger partial charge is 0.481 e. The van der Waals surface area contributed by atoms with E-state index in [0.717, 1.165) is 18.4 Å². The SMILES string of the molecule is Cc1ccc(S(=O)(=O)N2CCC(C(=O)N3CCCC3CC(=O)O)CC2)cc1. The summed E-state index contributed by atoms with van der Waals surface area (Å²) < 4.78 is 27.0. The van der Waals surface area contributed by atoms with Gasteiger partial charge in [-0.15, -0.1) is 0 Å². The van der Waals surface area contributed by atoms with Crippen molar-refractivity contribution < 1.29 is 23.1 Å². The number of benzene rings is 1. The van der Waals surface area contributed by atoms with Crippen LogP contribution in [0.15, 0.2) is 29.2 Å². The highest BCUT2D eigenvalue weighted by atomic mass is 32.2. The molecular weight excluding hydrogens is 368 g/mol. The van der Waals surface area contributed by atoms with Gasteiger partial charge in [0.2, 0.25) is 15.9 Å². The predicted molar refractivity (Wildman–Crippen MR) is 99.6 cm³/mol. The van der Waals surface area contributed by atoms with Crippen molar-refractivity contribution in [3.8, 4) is 0 Å². The number of aliphatic carboxylic acids is 1. The lowest BCUT2D eigenvalue weighted by Gasteiger charge is -2.34. The first-order valence-corrected chi connectivity index (χ1v) is 10.8. The van der Waals surface area contributed by atoms with E-state index in [0.29, 0.717) is 32.5 Å². The molecule has 0 saturated carbocycles. The van der Waals surface area contributed by atoms with Crippen LogP contribution in [-0.2, 0) is 19.6 Å². The standard InChI is InChI=1S/C19H26N2O5S/c1-14-4-6-17(7-5-14)27(25,26)20-11-8-15(9-12-20)19(24)21-10-2-3-16(21)13-18(22)23/h4-7,15-16H,2-3,8-13H2,1H3,(H,22,23). The van der Waals surface area contributed by atoms with Crippen LogP contribution in [0.25, 0.3) is 0 Å². The minimum absolute atomic E-state index is 0.0214. The van der Waals surface area contributed by atoms with Crippen molar-refractivity contribution in [2.45, 2.75) is 50.0 Å². The molecule has 2 heterocycles. The minimum atomic E-state index is -3.54. The fourth-order valence-corrected chi connectivity index (χ4v) is 5.45. The minimum Gasteiger partial charge on any atom is -0.481 e. The zero-order chi connectivity index (χ0) is 19.6. The Morgan fingerprint density at radius 1 is 1.07 bits per heavy atom. The van der Waals surface area contributed by atoms with Crippen LogP contribution in [0.5, 0.6) is 0 Å². The van der Waals surface area contributed by atoms with Gasteiger partial charge in [-0.3, -0.25) is 9.59 Å². The van der Waals surface area contributed by atoms with Gasteiger partial charge in [0, 0.05) is 31.6 Å². The Balaban J connectivity index is 1.62. The monoisotopic (exact) mass is 394 g/mol. The van der Waals surface area contributed by atoms with Crippen LogP contribution in [0.1, 0.15) is 37.7 Å². The highest BCUT2D eigenvalue weighted by Gasteiger charge is 2.37. The van der Waals surface area contributed by atoms with E-state index in [1.54, 1.807) is 29.2 Å². The second-order valence-electron chi connectivity index (χ2n) is 7.42. The van der Waals surface area contributed by atoms with E-state index in [1.807, 2.05) is 6.92 Å². The maximum atomic E-state index is 12.8. The summed E-state index contributed by atoms with van der Waals surface area (Å²) >= 11 is 0. The summed E-state index contributed by atoms with van der Waals surface area (Å²) in [6.07, 6.45) is 2.47. The number of carbonyl (C=O) groups excluding carboxylic acids is 1. The Bertz CT molecular complexity index is 798. The molecule has 0 aliphatic carbocycles. The summed E-state index contributed by atoms with van der Waals surface area (Å²) in [5.74, 6) is -1.14. The molecular formula is C19H26N2O5S. The van der Waals surface area contributed by atoms with Crippen molar-refractivity contribution in [1.82, 2.24) is 9.21 Å². The van der Waals surface area contributed by atoms with Gasteiger partial charge >= 0.3 is 5.97 Å². The van der Waals surface area contributed by atoms with Gasteiger partial charge in [-0.05, 0) is 44.7 Å². The second-order valence-corrected chi connectivity index (χ2v) is 9.35. The molecule has 1 aromatic rings. The lowest BCUT2D eigenvalue weighted by atomic mass is 9.96. The third kappa shape index (κ3) is 4.32. The zero-order valence-electron chi connectivity index (χ0n) is 15.5. The molecule has 7 nitrogen and oxygen atoms in total. The average molecular weight is 394 g/mol. The molecule has 0 aromatic heterocycles. The Morgan fingerprint density at radius 2 is 1.70 bits per heavy atom. The summed E-state index contributed by atoms with van der Waals surface area (Å²) in [4.78, 5) is 25.8. The summed E-state index contributed by atoms with van der Waals surface area (Å²) in [6.45, 7) is 3.12. The van der Waals surface area contributed by atoms with Crippen molar-refractivity contribution in [2.24, 2.45) is 5.92 Å². The summed E-state index contributed by atoms with van der Waals surface area (Å²) in [7, 11) is -3.54. The van der Waals surface area contributed by atoms with Gasteiger partial charge in [0.15, 0.2) is 0 Å². The Kier molecular flexibility index (Phi) is 5.86. The smallest absolute Gasteiger partial charge is 0.305 e. The topological polar surface area (TPSA) is 95.0 Å². The summed E-state index contributed by atoms with van der Waals surface area (Å²) in [5.41, 5.74) is 1.000. The van der Waals surface area contributed by atoms with Crippen LogP contribution in [0.4, 0.5) is 0 Å². The van der Waals surface area contributed by atoms with E-state index in [4.69, 9.17) is 5.11 Å². The van der Waals surface area contributed by atoms with Crippen molar-refractivity contribution in [3.63, 3.8) is 0 Å². The summed E-state index contributed by atoms with van der Waals surface area (Å²) in [5, 5.41) is 9.02. The third-order valence-electron chi connectivity index (χ3n) is 5.53. The van der Waals surface area contributed by atoms with Gasteiger partial charge in [-0.2, -0.15) is 4.31 Å². The number of hydrogen-bond donors (Lipinski definition) is 1. The van der Waals surface area contributed by atoms with Gasteiger partial charge in [0.05, 0.1) is 11.3 Å². The van der Waals surface area contributed by atoms with Crippen LogP contribution < -0.4 is 0 Å². The van der Waals surface area contributed by atoms with Crippen LogP contribution in [-0.4, -0.2) is 60.3 Å². The average Bonchev–Trinajstić information content (AvgIpc) is 3.09. The van der Waals surface area contributed by atoms with Gasteiger partial charge in [-0.1, -0.05) is 17.7 Å². The first kappa shape index (κ1) is 19.8. The Morgan fingerprint density at radius 3 is 2.30 bits per heavy atom. The second kappa shape index (κ2) is 7.98. The number of aryl methyl sites for hydroxylation is 1. The molecule has 3 rings (SSSR count). The molecule has 1 unspecified atom stereocenters. The number of piperidine rings is 1. The van der Waals surface area contributed by atoms with Crippen LogP contribution >= 0.6 is 0 Å². The lowest BCUT2D eigenvalue weighted by molar-refractivity contribution is -0.141. The van der Waals surface area contributed by atoms with Crippen molar-refractivity contribution in [1.29, 1.82) is 0 Å². The Hall–Kier alpha value is -1.93. The highest BCUT2D eigenvalue weighted by Crippen LogP contribution is 2.29. The van der Waals surface area contributed by atoms with Crippen LogP contribution in [0.2, 0.25) is 0 Å². The predicted octanol–water partition coefficient (Wildman–Crippen LogP) is 1.86. The van der Waals surface area contributed by atoms with Gasteiger partial charge in [-0.25, -0.2) is 8.42 Å². The number of nitrogens with zero attached hydrogens (tertiary/aromatic N) is 2. The first-order valence-electron chi connectivity index (χ1n) is 9.38. The van der Waals surface area contributed by atoms with Gasteiger partial charge in [0.1, 0.15) is 0 Å². The molecule has 1 amide bonds. The van der Waals surface area contributed by atoms with E-state index >= 15 is 0 Å². The number of sulfonamides is 1. The fourth-order valence-electron chi connectivity index (χ4n) is 3.98. The molecule has 27 heavy (non-hydrogen) atoms. The lowest BCUT2D eigenvalue weighted by Crippen LogP contribution is -2.46. The van der Waals surface area contributed by atoms with E-state index in [2.05, 4.69) is 0 Å². The van der Waals surface area contributed by atoms with E-state index in [9.17, 15) is 18.0 Å². The highest BCUT2D eigenvalue weighted by molar-refractivity contribution is 7.89.